The van der Waals surface area contributed by atoms with Crippen molar-refractivity contribution in [3.8, 4) is 0 Å². The summed E-state index contributed by atoms with van der Waals surface area (Å²) in [6, 6.07) is 0.219. The summed E-state index contributed by atoms with van der Waals surface area (Å²) in [5.74, 6) is 0.855. The van der Waals surface area contributed by atoms with Crippen LogP contribution in [-0.4, -0.2) is 29.2 Å². The van der Waals surface area contributed by atoms with Crippen molar-refractivity contribution in [3.05, 3.63) is 0 Å². The molecule has 1 saturated carbocycles. The van der Waals surface area contributed by atoms with Crippen molar-refractivity contribution in [1.82, 2.24) is 4.90 Å². The summed E-state index contributed by atoms with van der Waals surface area (Å²) in [6.07, 6.45) is 12.7. The number of unbranched alkanes of at least 4 members (excludes halogenated alkanes) is 4. The second-order valence-corrected chi connectivity index (χ2v) is 6.78. The van der Waals surface area contributed by atoms with Gasteiger partial charge in [0.2, 0.25) is 5.91 Å². The molecule has 1 heterocycles. The molecule has 3 nitrogen and oxygen atoms in total. The maximum absolute atomic E-state index is 12.5. The highest BCUT2D eigenvalue weighted by molar-refractivity contribution is 5.85. The van der Waals surface area contributed by atoms with E-state index in [-0.39, 0.29) is 12.0 Å². The van der Waals surface area contributed by atoms with E-state index in [9.17, 15) is 9.59 Å². The summed E-state index contributed by atoms with van der Waals surface area (Å²) < 4.78 is 0. The Morgan fingerprint density at radius 1 is 1.10 bits per heavy atom. The molecule has 0 aromatic heterocycles. The number of hydrogen-bond donors (Lipinski definition) is 0. The number of carbonyl (C=O) groups excluding carboxylic acids is 2. The SMILES string of the molecule is CCCCCCCC(=O)N1CCCCC1C1CCCC1=O. The average molecular weight is 293 g/mol. The Kier molecular flexibility index (Phi) is 6.72. The predicted molar refractivity (Wildman–Crippen MR) is 85.1 cm³/mol. The van der Waals surface area contributed by atoms with Crippen LogP contribution < -0.4 is 0 Å². The molecule has 2 fully saturated rings. The third-order valence-corrected chi connectivity index (χ3v) is 5.18. The minimum atomic E-state index is 0.148. The zero-order valence-electron chi connectivity index (χ0n) is 13.6. The molecule has 21 heavy (non-hydrogen) atoms. The van der Waals surface area contributed by atoms with Gasteiger partial charge >= 0.3 is 0 Å². The van der Waals surface area contributed by atoms with E-state index < -0.39 is 0 Å². The second kappa shape index (κ2) is 8.55. The van der Waals surface area contributed by atoms with Crippen LogP contribution in [0.25, 0.3) is 0 Å². The molecular formula is C18H31NO2. The third-order valence-electron chi connectivity index (χ3n) is 5.18. The van der Waals surface area contributed by atoms with Crippen molar-refractivity contribution in [2.75, 3.05) is 6.54 Å². The van der Waals surface area contributed by atoms with Gasteiger partial charge in [-0.3, -0.25) is 9.59 Å². The molecule has 3 heteroatoms. The van der Waals surface area contributed by atoms with Gasteiger partial charge in [0.15, 0.2) is 0 Å². The Bertz CT molecular complexity index is 353. The van der Waals surface area contributed by atoms with Gasteiger partial charge in [0.1, 0.15) is 5.78 Å². The van der Waals surface area contributed by atoms with E-state index in [2.05, 4.69) is 11.8 Å². The minimum Gasteiger partial charge on any atom is -0.339 e. The normalized spacial score (nSPS) is 26.3. The lowest BCUT2D eigenvalue weighted by Crippen LogP contribution is -2.48. The van der Waals surface area contributed by atoms with E-state index in [4.69, 9.17) is 0 Å². The summed E-state index contributed by atoms with van der Waals surface area (Å²) >= 11 is 0. The summed E-state index contributed by atoms with van der Waals surface area (Å²) in [6.45, 7) is 3.09. The molecule has 0 aromatic rings. The van der Waals surface area contributed by atoms with Crippen LogP contribution in [0.5, 0.6) is 0 Å². The summed E-state index contributed by atoms with van der Waals surface area (Å²) in [7, 11) is 0. The maximum Gasteiger partial charge on any atom is 0.222 e. The van der Waals surface area contributed by atoms with Crippen molar-refractivity contribution < 1.29 is 9.59 Å². The fourth-order valence-electron chi connectivity index (χ4n) is 3.96. The van der Waals surface area contributed by atoms with Gasteiger partial charge in [-0.25, -0.2) is 0 Å². The monoisotopic (exact) mass is 293 g/mol. The minimum absolute atomic E-state index is 0.148. The highest BCUT2D eigenvalue weighted by atomic mass is 16.2. The Morgan fingerprint density at radius 3 is 2.62 bits per heavy atom. The first-order valence-electron chi connectivity index (χ1n) is 9.06. The number of rotatable bonds is 7. The Hall–Kier alpha value is -0.860. The van der Waals surface area contributed by atoms with E-state index in [0.29, 0.717) is 18.1 Å². The predicted octanol–water partition coefficient (Wildman–Crippen LogP) is 4.10. The number of likely N-dealkylation sites (tertiary alicyclic amines) is 1. The zero-order valence-corrected chi connectivity index (χ0v) is 13.6. The maximum atomic E-state index is 12.5. The quantitative estimate of drug-likeness (QED) is 0.663. The van der Waals surface area contributed by atoms with Crippen molar-refractivity contribution in [2.45, 2.75) is 90.0 Å². The molecular weight excluding hydrogens is 262 g/mol. The number of piperidine rings is 1. The largest absolute Gasteiger partial charge is 0.339 e. The second-order valence-electron chi connectivity index (χ2n) is 6.78. The van der Waals surface area contributed by atoms with Crippen LogP contribution >= 0.6 is 0 Å². The van der Waals surface area contributed by atoms with Crippen LogP contribution in [0.15, 0.2) is 0 Å². The summed E-state index contributed by atoms with van der Waals surface area (Å²) in [5, 5.41) is 0. The first-order valence-corrected chi connectivity index (χ1v) is 9.06. The van der Waals surface area contributed by atoms with Gasteiger partial charge in [0.25, 0.3) is 0 Å². The average Bonchev–Trinajstić information content (AvgIpc) is 2.93. The van der Waals surface area contributed by atoms with Gasteiger partial charge in [-0.05, 0) is 38.5 Å². The van der Waals surface area contributed by atoms with E-state index in [1.807, 2.05) is 0 Å². The first-order chi connectivity index (χ1) is 10.2. The molecule has 0 N–H and O–H groups in total. The Morgan fingerprint density at radius 2 is 1.90 bits per heavy atom. The topological polar surface area (TPSA) is 37.4 Å². The molecule has 2 unspecified atom stereocenters. The number of ketones is 1. The van der Waals surface area contributed by atoms with Crippen LogP contribution in [0.1, 0.15) is 84.0 Å². The van der Waals surface area contributed by atoms with Crippen molar-refractivity contribution in [1.29, 1.82) is 0 Å². The summed E-state index contributed by atoms with van der Waals surface area (Å²) in [5.41, 5.74) is 0. The summed E-state index contributed by atoms with van der Waals surface area (Å²) in [4.78, 5) is 26.6. The number of carbonyl (C=O) groups is 2. The fraction of sp³-hybridized carbons (Fsp3) is 0.889. The zero-order chi connectivity index (χ0) is 15.1. The molecule has 120 valence electrons. The lowest BCUT2D eigenvalue weighted by atomic mass is 9.88. The molecule has 0 spiro atoms. The highest BCUT2D eigenvalue weighted by Crippen LogP contribution is 2.33. The smallest absolute Gasteiger partial charge is 0.222 e. The van der Waals surface area contributed by atoms with Gasteiger partial charge in [0, 0.05) is 31.3 Å². The standard InChI is InChI=1S/C18H31NO2/c1-2-3-4-5-6-13-18(21)19-14-8-7-11-16(19)15-10-9-12-17(15)20/h15-16H,2-14H2,1H3. The Labute approximate surface area is 129 Å². The third kappa shape index (κ3) is 4.55. The van der Waals surface area contributed by atoms with Crippen LogP contribution in [0.2, 0.25) is 0 Å². The van der Waals surface area contributed by atoms with Gasteiger partial charge in [-0.1, -0.05) is 32.6 Å². The molecule has 2 aliphatic rings. The molecule has 2 rings (SSSR count). The lowest BCUT2D eigenvalue weighted by Gasteiger charge is -2.39. The Balaban J connectivity index is 1.83. The molecule has 1 aliphatic heterocycles. The highest BCUT2D eigenvalue weighted by Gasteiger charge is 2.38. The van der Waals surface area contributed by atoms with Crippen molar-refractivity contribution in [3.63, 3.8) is 0 Å². The molecule has 0 bridgehead atoms. The van der Waals surface area contributed by atoms with E-state index in [0.717, 1.165) is 45.1 Å². The molecule has 0 radical (unpaired) electrons. The van der Waals surface area contributed by atoms with Crippen LogP contribution in [-0.2, 0) is 9.59 Å². The molecule has 1 aliphatic carbocycles. The lowest BCUT2D eigenvalue weighted by molar-refractivity contribution is -0.138. The number of Topliss-reactive ketones (excluding diaryl/α,β-unsaturated/α-hetero) is 1. The number of nitrogens with zero attached hydrogens (tertiary/aromatic N) is 1. The van der Waals surface area contributed by atoms with E-state index in [1.165, 1.54) is 32.1 Å². The molecule has 1 amide bonds. The van der Waals surface area contributed by atoms with Gasteiger partial charge < -0.3 is 4.90 Å². The molecule has 2 atom stereocenters. The number of hydrogen-bond acceptors (Lipinski definition) is 2. The van der Waals surface area contributed by atoms with Crippen molar-refractivity contribution >= 4 is 11.7 Å². The van der Waals surface area contributed by atoms with Gasteiger partial charge in [0.05, 0.1) is 0 Å². The van der Waals surface area contributed by atoms with Gasteiger partial charge in [-0.2, -0.15) is 0 Å². The van der Waals surface area contributed by atoms with Crippen molar-refractivity contribution in [2.24, 2.45) is 5.92 Å². The van der Waals surface area contributed by atoms with Crippen LogP contribution in [0.3, 0.4) is 0 Å². The van der Waals surface area contributed by atoms with Gasteiger partial charge in [-0.15, -0.1) is 0 Å². The molecule has 1 saturated heterocycles. The fourth-order valence-corrected chi connectivity index (χ4v) is 3.96. The van der Waals surface area contributed by atoms with Crippen LogP contribution in [0.4, 0.5) is 0 Å². The van der Waals surface area contributed by atoms with E-state index >= 15 is 0 Å². The van der Waals surface area contributed by atoms with Crippen LogP contribution in [0, 0.1) is 5.92 Å². The molecule has 0 aromatic carbocycles. The first kappa shape index (κ1) is 16.5. The number of amides is 1. The van der Waals surface area contributed by atoms with E-state index in [1.54, 1.807) is 0 Å².